The summed E-state index contributed by atoms with van der Waals surface area (Å²) in [5.74, 6) is 0. The molecule has 4 N–H and O–H groups in total. The maximum atomic E-state index is 5.59. The maximum absolute atomic E-state index is 5.59. The Kier molecular flexibility index (Phi) is 5.21. The number of nitrogens with zero attached hydrogens (tertiary/aromatic N) is 1. The monoisotopic (exact) mass is 342 g/mol. The zero-order valence-corrected chi connectivity index (χ0v) is 15.2. The number of H-pyrrole nitrogens is 1. The van der Waals surface area contributed by atoms with E-state index in [1.165, 1.54) is 29.4 Å². The minimum atomic E-state index is 0.295. The van der Waals surface area contributed by atoms with Crippen molar-refractivity contribution in [1.82, 2.24) is 9.88 Å². The molecule has 1 aliphatic heterocycles. The lowest BCUT2D eigenvalue weighted by molar-refractivity contribution is 0.219. The van der Waals surface area contributed by atoms with E-state index in [9.17, 15) is 0 Å². The first-order valence-corrected chi connectivity index (χ1v) is 9.10. The third-order valence-electron chi connectivity index (χ3n) is 4.87. The minimum Gasteiger partial charge on any atom is -0.376 e. The second-order valence-electron chi connectivity index (χ2n) is 6.56. The average Bonchev–Trinajstić information content (AvgIpc) is 2.98. The van der Waals surface area contributed by atoms with Crippen LogP contribution >= 0.6 is 12.2 Å². The SMILES string of the molecule is CCCC(C)N1CC=C(c2c[nH]c3ccc(NC(N)=S)cc23)CC1. The molecule has 128 valence electrons. The van der Waals surface area contributed by atoms with Crippen LogP contribution in [0.2, 0.25) is 0 Å². The summed E-state index contributed by atoms with van der Waals surface area (Å²) < 4.78 is 0. The predicted octanol–water partition coefficient (Wildman–Crippen LogP) is 4.10. The van der Waals surface area contributed by atoms with Gasteiger partial charge in [-0.2, -0.15) is 0 Å². The number of hydrogen-bond donors (Lipinski definition) is 3. The summed E-state index contributed by atoms with van der Waals surface area (Å²) in [5, 5.41) is 4.54. The Bertz CT molecular complexity index is 762. The van der Waals surface area contributed by atoms with Crippen molar-refractivity contribution in [2.45, 2.75) is 39.2 Å². The molecule has 0 fully saturated rings. The van der Waals surface area contributed by atoms with E-state index in [0.29, 0.717) is 11.2 Å². The quantitative estimate of drug-likeness (QED) is 0.716. The predicted molar refractivity (Wildman–Crippen MR) is 107 cm³/mol. The molecular weight excluding hydrogens is 316 g/mol. The van der Waals surface area contributed by atoms with Crippen LogP contribution in [-0.2, 0) is 0 Å². The van der Waals surface area contributed by atoms with Gasteiger partial charge in [-0.05, 0) is 55.8 Å². The molecule has 0 aliphatic carbocycles. The van der Waals surface area contributed by atoms with E-state index >= 15 is 0 Å². The fraction of sp³-hybridized carbons (Fsp3) is 0.421. The van der Waals surface area contributed by atoms with Crippen molar-refractivity contribution in [1.29, 1.82) is 0 Å². The lowest BCUT2D eigenvalue weighted by atomic mass is 9.97. The first kappa shape index (κ1) is 17.0. The van der Waals surface area contributed by atoms with Crippen molar-refractivity contribution in [2.75, 3.05) is 18.4 Å². The summed E-state index contributed by atoms with van der Waals surface area (Å²) in [4.78, 5) is 5.95. The number of nitrogens with two attached hydrogens (primary N) is 1. The van der Waals surface area contributed by atoms with Gasteiger partial charge in [-0.3, -0.25) is 4.90 Å². The van der Waals surface area contributed by atoms with Gasteiger partial charge in [0.25, 0.3) is 0 Å². The topological polar surface area (TPSA) is 57.1 Å². The van der Waals surface area contributed by atoms with Gasteiger partial charge in [-0.1, -0.05) is 19.4 Å². The number of nitrogens with one attached hydrogen (secondary N) is 2. The van der Waals surface area contributed by atoms with Crippen LogP contribution in [0.4, 0.5) is 5.69 Å². The molecule has 0 saturated carbocycles. The summed E-state index contributed by atoms with van der Waals surface area (Å²) in [6.45, 7) is 6.76. The molecule has 2 heterocycles. The lowest BCUT2D eigenvalue weighted by Gasteiger charge is -2.31. The molecule has 1 aliphatic rings. The molecule has 1 aromatic carbocycles. The van der Waals surface area contributed by atoms with E-state index in [2.05, 4.69) is 53.5 Å². The highest BCUT2D eigenvalue weighted by Gasteiger charge is 2.19. The molecule has 3 rings (SSSR count). The molecule has 0 radical (unpaired) electrons. The molecule has 0 saturated heterocycles. The van der Waals surface area contributed by atoms with Crippen LogP contribution < -0.4 is 11.1 Å². The Morgan fingerprint density at radius 2 is 2.29 bits per heavy atom. The third-order valence-corrected chi connectivity index (χ3v) is 4.97. The van der Waals surface area contributed by atoms with Crippen molar-refractivity contribution in [3.05, 3.63) is 36.0 Å². The highest BCUT2D eigenvalue weighted by atomic mass is 32.1. The molecule has 0 spiro atoms. The highest BCUT2D eigenvalue weighted by Crippen LogP contribution is 2.31. The van der Waals surface area contributed by atoms with Crippen LogP contribution in [-0.4, -0.2) is 34.1 Å². The minimum absolute atomic E-state index is 0.295. The third kappa shape index (κ3) is 3.62. The number of aromatic amines is 1. The molecule has 1 aromatic heterocycles. The van der Waals surface area contributed by atoms with E-state index in [1.54, 1.807) is 0 Å². The summed E-state index contributed by atoms with van der Waals surface area (Å²) in [6.07, 6.45) is 8.10. The summed E-state index contributed by atoms with van der Waals surface area (Å²) in [5.41, 5.74) is 10.4. The highest BCUT2D eigenvalue weighted by molar-refractivity contribution is 7.80. The molecule has 0 amide bonds. The molecule has 2 aromatic rings. The zero-order chi connectivity index (χ0) is 17.1. The number of anilines is 1. The number of rotatable bonds is 5. The smallest absolute Gasteiger partial charge is 0.168 e. The van der Waals surface area contributed by atoms with Crippen LogP contribution in [0, 0.1) is 0 Å². The van der Waals surface area contributed by atoms with E-state index in [-0.39, 0.29) is 0 Å². The Hall–Kier alpha value is -1.85. The van der Waals surface area contributed by atoms with Crippen molar-refractivity contribution in [3.63, 3.8) is 0 Å². The standard InChI is InChI=1S/C19H26N4S/c1-3-4-13(2)23-9-7-14(8-10-23)17-12-21-18-6-5-15(11-16(17)18)22-19(20)24/h5-7,11-13,21H,3-4,8-10H2,1-2H3,(H3,20,22,24). The van der Waals surface area contributed by atoms with Gasteiger partial charge < -0.3 is 16.0 Å². The van der Waals surface area contributed by atoms with Crippen molar-refractivity contribution >= 4 is 39.5 Å². The second kappa shape index (κ2) is 7.36. The Balaban J connectivity index is 1.83. The fourth-order valence-electron chi connectivity index (χ4n) is 3.54. The molecule has 24 heavy (non-hydrogen) atoms. The number of benzene rings is 1. The van der Waals surface area contributed by atoms with Crippen LogP contribution in [0.15, 0.2) is 30.5 Å². The summed E-state index contributed by atoms with van der Waals surface area (Å²) in [6, 6.07) is 6.84. The molecule has 0 bridgehead atoms. The maximum Gasteiger partial charge on any atom is 0.168 e. The van der Waals surface area contributed by atoms with E-state index in [1.807, 2.05) is 6.07 Å². The van der Waals surface area contributed by atoms with Gasteiger partial charge in [0.05, 0.1) is 0 Å². The second-order valence-corrected chi connectivity index (χ2v) is 7.00. The summed E-state index contributed by atoms with van der Waals surface area (Å²) >= 11 is 4.94. The Labute approximate surface area is 149 Å². The van der Waals surface area contributed by atoms with Gasteiger partial charge in [0.15, 0.2) is 5.11 Å². The number of aromatic nitrogens is 1. The van der Waals surface area contributed by atoms with Crippen molar-refractivity contribution in [2.24, 2.45) is 5.73 Å². The first-order valence-electron chi connectivity index (χ1n) is 8.69. The van der Waals surface area contributed by atoms with Crippen LogP contribution in [0.3, 0.4) is 0 Å². The molecule has 4 nitrogen and oxygen atoms in total. The first-order chi connectivity index (χ1) is 11.6. The summed E-state index contributed by atoms with van der Waals surface area (Å²) in [7, 11) is 0. The normalized spacial score (nSPS) is 16.8. The zero-order valence-electron chi connectivity index (χ0n) is 14.4. The van der Waals surface area contributed by atoms with E-state index < -0.39 is 0 Å². The van der Waals surface area contributed by atoms with Gasteiger partial charge in [0.2, 0.25) is 0 Å². The van der Waals surface area contributed by atoms with Gasteiger partial charge in [0, 0.05) is 47.5 Å². The number of fused-ring (bicyclic) bond motifs is 1. The van der Waals surface area contributed by atoms with Crippen LogP contribution in [0.25, 0.3) is 16.5 Å². The van der Waals surface area contributed by atoms with Crippen LogP contribution in [0.1, 0.15) is 38.7 Å². The number of thiocarbonyl (C=S) groups is 1. The largest absolute Gasteiger partial charge is 0.376 e. The van der Waals surface area contributed by atoms with Crippen LogP contribution in [0.5, 0.6) is 0 Å². The van der Waals surface area contributed by atoms with Crippen molar-refractivity contribution in [3.8, 4) is 0 Å². The number of hydrogen-bond acceptors (Lipinski definition) is 2. The Morgan fingerprint density at radius 1 is 1.46 bits per heavy atom. The molecule has 1 unspecified atom stereocenters. The Morgan fingerprint density at radius 3 is 2.96 bits per heavy atom. The van der Waals surface area contributed by atoms with Gasteiger partial charge in [0.1, 0.15) is 0 Å². The molecule has 5 heteroatoms. The van der Waals surface area contributed by atoms with Gasteiger partial charge in [-0.25, -0.2) is 0 Å². The molecular formula is C19H26N4S. The van der Waals surface area contributed by atoms with Gasteiger partial charge >= 0.3 is 0 Å². The van der Waals surface area contributed by atoms with E-state index in [4.69, 9.17) is 18.0 Å². The average molecular weight is 343 g/mol. The van der Waals surface area contributed by atoms with Gasteiger partial charge in [-0.15, -0.1) is 0 Å². The fourth-order valence-corrected chi connectivity index (χ4v) is 3.65. The van der Waals surface area contributed by atoms with Crippen molar-refractivity contribution < 1.29 is 0 Å². The van der Waals surface area contributed by atoms with E-state index in [0.717, 1.165) is 30.7 Å². The lowest BCUT2D eigenvalue weighted by Crippen LogP contribution is -2.36. The molecule has 1 atom stereocenters.